The number of anilines is 1. The van der Waals surface area contributed by atoms with Crippen LogP contribution in [0.1, 0.15) is 34.6 Å². The molecule has 3 rings (SSSR count). The lowest BCUT2D eigenvalue weighted by Crippen LogP contribution is -2.25. The maximum atomic E-state index is 12.6. The first-order valence-electron chi connectivity index (χ1n) is 10.0. The molecule has 0 unspecified atom stereocenters. The second-order valence-electron chi connectivity index (χ2n) is 7.46. The number of hydrogen-bond acceptors (Lipinski definition) is 5. The summed E-state index contributed by atoms with van der Waals surface area (Å²) < 4.78 is 27.7. The lowest BCUT2D eigenvalue weighted by atomic mass is 10.1. The minimum absolute atomic E-state index is 0.0342. The van der Waals surface area contributed by atoms with Crippen molar-refractivity contribution in [2.75, 3.05) is 5.32 Å². The first-order valence-corrected chi connectivity index (χ1v) is 12.4. The Kier molecular flexibility index (Phi) is 7.79. The highest BCUT2D eigenvalue weighted by Crippen LogP contribution is 2.15. The predicted octanol–water partition coefficient (Wildman–Crippen LogP) is 3.75. The van der Waals surface area contributed by atoms with E-state index in [1.165, 1.54) is 23.5 Å². The first-order chi connectivity index (χ1) is 15.2. The summed E-state index contributed by atoms with van der Waals surface area (Å²) in [6.07, 6.45) is 0. The third kappa shape index (κ3) is 6.49. The zero-order chi connectivity index (χ0) is 23.1. The molecule has 1 heterocycles. The average molecular weight is 472 g/mol. The molecule has 0 atom stereocenters. The number of amides is 2. The van der Waals surface area contributed by atoms with E-state index in [1.54, 1.807) is 24.3 Å². The van der Waals surface area contributed by atoms with E-state index in [9.17, 15) is 18.0 Å². The molecule has 0 aliphatic heterocycles. The van der Waals surface area contributed by atoms with Crippen molar-refractivity contribution >= 4 is 38.9 Å². The predicted molar refractivity (Wildman–Crippen MR) is 126 cm³/mol. The maximum absolute atomic E-state index is 12.6. The Bertz CT molecular complexity index is 1170. The molecule has 0 bridgehead atoms. The Hall–Kier alpha value is -3.01. The summed E-state index contributed by atoms with van der Waals surface area (Å²) in [7, 11) is -3.74. The zero-order valence-corrected chi connectivity index (χ0v) is 19.4. The van der Waals surface area contributed by atoms with Crippen LogP contribution in [0.15, 0.2) is 70.9 Å². The van der Waals surface area contributed by atoms with Crippen LogP contribution in [0, 0.1) is 5.92 Å². The molecule has 2 amide bonds. The van der Waals surface area contributed by atoms with Crippen LogP contribution in [0.4, 0.5) is 5.69 Å². The lowest BCUT2D eigenvalue weighted by Gasteiger charge is -2.10. The zero-order valence-electron chi connectivity index (χ0n) is 17.8. The number of benzene rings is 2. The normalized spacial score (nSPS) is 11.3. The fraction of sp³-hybridized carbons (Fsp3) is 0.217. The molecule has 3 N–H and O–H groups in total. The molecule has 3 aromatic rings. The number of hydrogen-bond donors (Lipinski definition) is 3. The molecule has 7 nitrogen and oxygen atoms in total. The topological polar surface area (TPSA) is 104 Å². The molecule has 1 aromatic heterocycles. The van der Waals surface area contributed by atoms with E-state index < -0.39 is 10.0 Å². The smallest absolute Gasteiger partial charge is 0.251 e. The van der Waals surface area contributed by atoms with Crippen LogP contribution in [-0.2, 0) is 27.9 Å². The standard InChI is InChI=1S/C23H25N3O4S2/c1-16(2)22(27)26-19-10-8-17(9-11-19)14-24-23(28)18-5-3-7-21(13-18)32(29,30)25-15-20-6-4-12-31-20/h3-13,16,25H,14-15H2,1-2H3,(H,24,28)(H,26,27). The van der Waals surface area contributed by atoms with Crippen LogP contribution in [0.2, 0.25) is 0 Å². The van der Waals surface area contributed by atoms with Gasteiger partial charge in [-0.2, -0.15) is 0 Å². The van der Waals surface area contributed by atoms with Crippen molar-refractivity contribution in [3.63, 3.8) is 0 Å². The third-order valence-corrected chi connectivity index (χ3v) is 6.90. The van der Waals surface area contributed by atoms with Crippen molar-refractivity contribution in [3.8, 4) is 0 Å². The summed E-state index contributed by atoms with van der Waals surface area (Å²) in [5.74, 6) is -0.553. The van der Waals surface area contributed by atoms with Crippen LogP contribution in [0.3, 0.4) is 0 Å². The Balaban J connectivity index is 1.59. The molecule has 0 fully saturated rings. The minimum Gasteiger partial charge on any atom is -0.348 e. The molecule has 2 aromatic carbocycles. The maximum Gasteiger partial charge on any atom is 0.251 e. The highest BCUT2D eigenvalue weighted by molar-refractivity contribution is 7.89. The number of carbonyl (C=O) groups is 2. The second kappa shape index (κ2) is 10.5. The van der Waals surface area contributed by atoms with Gasteiger partial charge in [-0.1, -0.05) is 38.1 Å². The number of nitrogens with one attached hydrogen (secondary N) is 3. The summed E-state index contributed by atoms with van der Waals surface area (Å²) in [5.41, 5.74) is 1.79. The summed E-state index contributed by atoms with van der Waals surface area (Å²) in [6, 6.07) is 16.8. The van der Waals surface area contributed by atoms with Crippen molar-refractivity contribution in [1.82, 2.24) is 10.0 Å². The van der Waals surface area contributed by atoms with E-state index in [0.29, 0.717) is 5.69 Å². The molecule has 0 saturated heterocycles. The molecule has 0 radical (unpaired) electrons. The van der Waals surface area contributed by atoms with E-state index in [0.717, 1.165) is 10.4 Å². The Morgan fingerprint density at radius 1 is 0.969 bits per heavy atom. The van der Waals surface area contributed by atoms with Crippen LogP contribution in [-0.4, -0.2) is 20.2 Å². The van der Waals surface area contributed by atoms with Crippen molar-refractivity contribution in [2.45, 2.75) is 31.8 Å². The van der Waals surface area contributed by atoms with Crippen LogP contribution < -0.4 is 15.4 Å². The van der Waals surface area contributed by atoms with Gasteiger partial charge in [0.25, 0.3) is 5.91 Å². The van der Waals surface area contributed by atoms with Gasteiger partial charge in [-0.05, 0) is 47.3 Å². The lowest BCUT2D eigenvalue weighted by molar-refractivity contribution is -0.118. The molecule has 168 valence electrons. The Morgan fingerprint density at radius 2 is 1.72 bits per heavy atom. The highest BCUT2D eigenvalue weighted by Gasteiger charge is 2.16. The van der Waals surface area contributed by atoms with Gasteiger partial charge in [0.15, 0.2) is 0 Å². The average Bonchev–Trinajstić information content (AvgIpc) is 3.31. The van der Waals surface area contributed by atoms with Crippen molar-refractivity contribution < 1.29 is 18.0 Å². The van der Waals surface area contributed by atoms with Crippen molar-refractivity contribution in [3.05, 3.63) is 82.0 Å². The number of carbonyl (C=O) groups excluding carboxylic acids is 2. The van der Waals surface area contributed by atoms with Crippen molar-refractivity contribution in [1.29, 1.82) is 0 Å². The number of thiophene rings is 1. The fourth-order valence-corrected chi connectivity index (χ4v) is 4.53. The molecule has 0 saturated carbocycles. The molecule has 32 heavy (non-hydrogen) atoms. The van der Waals surface area contributed by atoms with Gasteiger partial charge in [0.1, 0.15) is 0 Å². The minimum atomic E-state index is -3.74. The van der Waals surface area contributed by atoms with Gasteiger partial charge < -0.3 is 10.6 Å². The largest absolute Gasteiger partial charge is 0.348 e. The van der Waals surface area contributed by atoms with Crippen LogP contribution in [0.25, 0.3) is 0 Å². The van der Waals surface area contributed by atoms with Gasteiger partial charge in [-0.3, -0.25) is 9.59 Å². The van der Waals surface area contributed by atoms with Gasteiger partial charge in [-0.15, -0.1) is 11.3 Å². The van der Waals surface area contributed by atoms with Gasteiger partial charge in [-0.25, -0.2) is 13.1 Å². The Labute approximate surface area is 191 Å². The molecular weight excluding hydrogens is 446 g/mol. The second-order valence-corrected chi connectivity index (χ2v) is 10.3. The number of sulfonamides is 1. The van der Waals surface area contributed by atoms with Gasteiger partial charge in [0.05, 0.1) is 4.90 Å². The third-order valence-electron chi connectivity index (χ3n) is 4.62. The quantitative estimate of drug-likeness (QED) is 0.442. The van der Waals surface area contributed by atoms with Gasteiger partial charge in [0.2, 0.25) is 15.9 Å². The molecule has 0 aliphatic rings. The molecule has 0 spiro atoms. The fourth-order valence-electron chi connectivity index (χ4n) is 2.74. The Morgan fingerprint density at radius 3 is 2.38 bits per heavy atom. The summed E-state index contributed by atoms with van der Waals surface area (Å²) in [6.45, 7) is 4.10. The summed E-state index contributed by atoms with van der Waals surface area (Å²) in [4.78, 5) is 25.2. The van der Waals surface area contributed by atoms with Gasteiger partial charge >= 0.3 is 0 Å². The molecule has 9 heteroatoms. The summed E-state index contributed by atoms with van der Waals surface area (Å²) in [5, 5.41) is 7.48. The monoisotopic (exact) mass is 471 g/mol. The molecular formula is C23H25N3O4S2. The first kappa shape index (κ1) is 23.6. The van der Waals surface area contributed by atoms with Crippen molar-refractivity contribution in [2.24, 2.45) is 5.92 Å². The summed E-state index contributed by atoms with van der Waals surface area (Å²) >= 11 is 1.46. The van der Waals surface area contributed by atoms with E-state index in [2.05, 4.69) is 15.4 Å². The van der Waals surface area contributed by atoms with Crippen LogP contribution in [0.5, 0.6) is 0 Å². The molecule has 0 aliphatic carbocycles. The van der Waals surface area contributed by atoms with Crippen LogP contribution >= 0.6 is 11.3 Å². The highest BCUT2D eigenvalue weighted by atomic mass is 32.2. The van der Waals surface area contributed by atoms with E-state index >= 15 is 0 Å². The van der Waals surface area contributed by atoms with E-state index in [1.807, 2.05) is 43.5 Å². The van der Waals surface area contributed by atoms with E-state index in [4.69, 9.17) is 0 Å². The van der Waals surface area contributed by atoms with Gasteiger partial charge in [0, 0.05) is 35.1 Å². The van der Waals surface area contributed by atoms with E-state index in [-0.39, 0.29) is 41.3 Å². The SMILES string of the molecule is CC(C)C(=O)Nc1ccc(CNC(=O)c2cccc(S(=O)(=O)NCc3cccs3)c2)cc1. The number of rotatable bonds is 9.